The number of hydrogen-bond donors (Lipinski definition) is 1. The number of hydrogen-bond acceptors (Lipinski definition) is 2. The van der Waals surface area contributed by atoms with Gasteiger partial charge in [0.05, 0.1) is 15.6 Å². The van der Waals surface area contributed by atoms with Crippen molar-refractivity contribution in [3.05, 3.63) is 67.6 Å². The van der Waals surface area contributed by atoms with E-state index in [9.17, 15) is 18.0 Å². The lowest BCUT2D eigenvalue weighted by Crippen LogP contribution is -2.49. The normalized spacial score (nSPS) is 19.8. The molecule has 3 rings (SSSR count). The van der Waals surface area contributed by atoms with Crippen molar-refractivity contribution in [2.24, 2.45) is 0 Å². The summed E-state index contributed by atoms with van der Waals surface area (Å²) in [7, 11) is 1.62. The van der Waals surface area contributed by atoms with Gasteiger partial charge in [-0.15, -0.1) is 0 Å². The number of rotatable bonds is 3. The van der Waals surface area contributed by atoms with Crippen molar-refractivity contribution >= 4 is 45.0 Å². The van der Waals surface area contributed by atoms with Crippen molar-refractivity contribution in [3.63, 3.8) is 0 Å². The summed E-state index contributed by atoms with van der Waals surface area (Å²) in [6.45, 7) is 1.32. The molecular formula is C20H18BrCl2F3N2O. The summed E-state index contributed by atoms with van der Waals surface area (Å²) in [5.74, 6) is -0.532. The van der Waals surface area contributed by atoms with Crippen molar-refractivity contribution in [2.45, 2.75) is 24.6 Å². The molecular weight excluding hydrogens is 492 g/mol. The van der Waals surface area contributed by atoms with E-state index < -0.39 is 17.6 Å². The zero-order valence-corrected chi connectivity index (χ0v) is 18.5. The Morgan fingerprint density at radius 3 is 2.55 bits per heavy atom. The Morgan fingerprint density at radius 2 is 1.90 bits per heavy atom. The molecule has 1 N–H and O–H groups in total. The van der Waals surface area contributed by atoms with Gasteiger partial charge < -0.3 is 10.2 Å². The first kappa shape index (κ1) is 22.4. The molecule has 29 heavy (non-hydrogen) atoms. The molecule has 0 bridgehead atoms. The van der Waals surface area contributed by atoms with Gasteiger partial charge in [-0.2, -0.15) is 13.2 Å². The SMILES string of the molecule is CN(C(=O)c1cc(Br)cc(C(F)(F)F)c1)C1CCNCC1c1ccc(Cl)c(Cl)c1. The predicted octanol–water partition coefficient (Wildman–Crippen LogP) is 5.99. The minimum Gasteiger partial charge on any atom is -0.338 e. The number of nitrogens with one attached hydrogen (secondary N) is 1. The van der Waals surface area contributed by atoms with Gasteiger partial charge in [0.25, 0.3) is 5.91 Å². The number of carbonyl (C=O) groups excluding carboxylic acids is 1. The van der Waals surface area contributed by atoms with Crippen LogP contribution in [0.3, 0.4) is 0 Å². The Morgan fingerprint density at radius 1 is 1.17 bits per heavy atom. The Balaban J connectivity index is 1.91. The highest BCUT2D eigenvalue weighted by atomic mass is 79.9. The van der Waals surface area contributed by atoms with Gasteiger partial charge in [0, 0.05) is 35.6 Å². The van der Waals surface area contributed by atoms with Crippen LogP contribution in [-0.2, 0) is 6.18 Å². The van der Waals surface area contributed by atoms with Gasteiger partial charge in [0.2, 0.25) is 0 Å². The zero-order chi connectivity index (χ0) is 21.3. The summed E-state index contributed by atoms with van der Waals surface area (Å²) in [6.07, 6.45) is -3.87. The van der Waals surface area contributed by atoms with Crippen molar-refractivity contribution in [3.8, 4) is 0 Å². The molecule has 1 aliphatic heterocycles. The fourth-order valence-electron chi connectivity index (χ4n) is 3.62. The van der Waals surface area contributed by atoms with Crippen molar-refractivity contribution in [2.75, 3.05) is 20.1 Å². The molecule has 2 atom stereocenters. The standard InChI is InChI=1S/C20H18BrCl2F3N2O/c1-28(19(29)12-6-13(20(24,25)26)9-14(21)7-12)18-4-5-27-10-15(18)11-2-3-16(22)17(23)8-11/h2-3,6-9,15,18,27H,4-5,10H2,1H3. The maximum Gasteiger partial charge on any atom is 0.416 e. The third-order valence-corrected chi connectivity index (χ3v) is 6.30. The first-order chi connectivity index (χ1) is 13.6. The molecule has 2 aromatic rings. The van der Waals surface area contributed by atoms with Crippen molar-refractivity contribution < 1.29 is 18.0 Å². The molecule has 2 unspecified atom stereocenters. The second-order valence-corrected chi connectivity index (χ2v) is 8.71. The monoisotopic (exact) mass is 508 g/mol. The van der Waals surface area contributed by atoms with E-state index in [1.165, 1.54) is 11.0 Å². The van der Waals surface area contributed by atoms with Crippen LogP contribution < -0.4 is 5.32 Å². The highest BCUT2D eigenvalue weighted by molar-refractivity contribution is 9.10. The Bertz CT molecular complexity index is 923. The van der Waals surface area contributed by atoms with E-state index in [1.54, 1.807) is 19.2 Å². The smallest absolute Gasteiger partial charge is 0.338 e. The molecule has 1 saturated heterocycles. The summed E-state index contributed by atoms with van der Waals surface area (Å²) in [5, 5.41) is 4.16. The average Bonchev–Trinajstić information content (AvgIpc) is 2.68. The zero-order valence-electron chi connectivity index (χ0n) is 15.4. The Hall–Kier alpha value is -1.28. The van der Waals surface area contributed by atoms with Crippen LogP contribution in [0.25, 0.3) is 0 Å². The van der Waals surface area contributed by atoms with Crippen LogP contribution >= 0.6 is 39.1 Å². The number of carbonyl (C=O) groups is 1. The molecule has 1 fully saturated rings. The Kier molecular flexibility index (Phi) is 6.83. The van der Waals surface area contributed by atoms with Gasteiger partial charge in [0.1, 0.15) is 0 Å². The van der Waals surface area contributed by atoms with Crippen LogP contribution in [-0.4, -0.2) is 37.0 Å². The summed E-state index contributed by atoms with van der Waals surface area (Å²) >= 11 is 15.2. The lowest BCUT2D eigenvalue weighted by atomic mass is 9.85. The first-order valence-corrected chi connectivity index (χ1v) is 10.4. The molecule has 0 aliphatic carbocycles. The van der Waals surface area contributed by atoms with Gasteiger partial charge >= 0.3 is 6.18 Å². The Labute approximate surface area is 185 Å². The molecule has 156 valence electrons. The fourth-order valence-corrected chi connectivity index (χ4v) is 4.42. The van der Waals surface area contributed by atoms with E-state index in [2.05, 4.69) is 21.2 Å². The third-order valence-electron chi connectivity index (χ3n) is 5.11. The molecule has 1 aliphatic rings. The molecule has 0 saturated carbocycles. The van der Waals surface area contributed by atoms with E-state index in [0.717, 1.165) is 17.7 Å². The second kappa shape index (κ2) is 8.84. The molecule has 9 heteroatoms. The number of likely N-dealkylation sites (N-methyl/N-ethyl adjacent to an activating group) is 1. The van der Waals surface area contributed by atoms with Gasteiger partial charge in [-0.3, -0.25) is 4.79 Å². The second-order valence-electron chi connectivity index (χ2n) is 6.98. The summed E-state index contributed by atoms with van der Waals surface area (Å²) in [6, 6.07) is 8.39. The van der Waals surface area contributed by atoms with Crippen molar-refractivity contribution in [1.82, 2.24) is 10.2 Å². The minimum atomic E-state index is -4.53. The largest absolute Gasteiger partial charge is 0.416 e. The molecule has 3 nitrogen and oxygen atoms in total. The maximum atomic E-state index is 13.1. The first-order valence-electron chi connectivity index (χ1n) is 8.88. The lowest BCUT2D eigenvalue weighted by molar-refractivity contribution is -0.137. The van der Waals surface area contributed by atoms with Crippen LogP contribution in [0.15, 0.2) is 40.9 Å². The topological polar surface area (TPSA) is 32.3 Å². The van der Waals surface area contributed by atoms with E-state index in [1.807, 2.05) is 6.07 Å². The van der Waals surface area contributed by atoms with Crippen LogP contribution in [0.4, 0.5) is 13.2 Å². The number of piperidine rings is 1. The minimum absolute atomic E-state index is 0.0133. The van der Waals surface area contributed by atoms with Crippen LogP contribution in [0.1, 0.15) is 33.8 Å². The van der Waals surface area contributed by atoms with Gasteiger partial charge in [0.15, 0.2) is 0 Å². The van der Waals surface area contributed by atoms with Crippen LogP contribution in [0.5, 0.6) is 0 Å². The average molecular weight is 510 g/mol. The molecule has 1 heterocycles. The highest BCUT2D eigenvalue weighted by Crippen LogP contribution is 2.34. The molecule has 1 amide bonds. The molecule has 2 aromatic carbocycles. The van der Waals surface area contributed by atoms with E-state index in [-0.39, 0.29) is 22.0 Å². The number of nitrogens with zero attached hydrogens (tertiary/aromatic N) is 1. The third kappa shape index (κ3) is 5.08. The highest BCUT2D eigenvalue weighted by Gasteiger charge is 2.35. The number of benzene rings is 2. The lowest BCUT2D eigenvalue weighted by Gasteiger charge is -2.39. The van der Waals surface area contributed by atoms with Crippen LogP contribution in [0.2, 0.25) is 10.0 Å². The van der Waals surface area contributed by atoms with E-state index in [0.29, 0.717) is 29.6 Å². The summed E-state index contributed by atoms with van der Waals surface area (Å²) in [4.78, 5) is 14.6. The predicted molar refractivity (Wildman–Crippen MR) is 112 cm³/mol. The van der Waals surface area contributed by atoms with Gasteiger partial charge in [-0.1, -0.05) is 45.2 Å². The van der Waals surface area contributed by atoms with Gasteiger partial charge in [-0.05, 0) is 48.9 Å². The summed E-state index contributed by atoms with van der Waals surface area (Å²) < 4.78 is 39.6. The molecule has 0 radical (unpaired) electrons. The number of alkyl halides is 3. The van der Waals surface area contributed by atoms with E-state index >= 15 is 0 Å². The number of amides is 1. The van der Waals surface area contributed by atoms with E-state index in [4.69, 9.17) is 23.2 Å². The quantitative estimate of drug-likeness (QED) is 0.551. The molecule has 0 spiro atoms. The maximum absolute atomic E-state index is 13.1. The van der Waals surface area contributed by atoms with Crippen LogP contribution in [0, 0.1) is 0 Å². The molecule has 0 aromatic heterocycles. The fraction of sp³-hybridized carbons (Fsp3) is 0.350. The van der Waals surface area contributed by atoms with Gasteiger partial charge in [-0.25, -0.2) is 0 Å². The summed E-state index contributed by atoms with van der Waals surface area (Å²) in [5.41, 5.74) is 0.0389. The van der Waals surface area contributed by atoms with Crippen molar-refractivity contribution in [1.29, 1.82) is 0 Å². The number of halogens is 6.